The molecule has 2 aromatic rings. The van der Waals surface area contributed by atoms with Crippen LogP contribution in [0.1, 0.15) is 44.7 Å². The van der Waals surface area contributed by atoms with Gasteiger partial charge in [0.05, 0.1) is 5.60 Å². The van der Waals surface area contributed by atoms with Crippen LogP contribution in [-0.2, 0) is 12.0 Å². The minimum absolute atomic E-state index is 0.141. The highest BCUT2D eigenvalue weighted by atomic mass is 19.1. The monoisotopic (exact) mass is 370 g/mol. The first-order valence-electron chi connectivity index (χ1n) is 9.78. The van der Waals surface area contributed by atoms with Crippen LogP contribution in [-0.4, -0.2) is 35.2 Å². The maximum Gasteiger partial charge on any atom is 0.127 e. The van der Waals surface area contributed by atoms with Gasteiger partial charge in [-0.2, -0.15) is 0 Å². The van der Waals surface area contributed by atoms with E-state index in [1.807, 2.05) is 12.1 Å². The second-order valence-corrected chi connectivity index (χ2v) is 8.77. The molecule has 0 aliphatic carbocycles. The fraction of sp³-hybridized carbons (Fsp3) is 0.478. The maximum atomic E-state index is 13.8. The van der Waals surface area contributed by atoms with Crippen LogP contribution in [0.3, 0.4) is 0 Å². The first-order valence-corrected chi connectivity index (χ1v) is 9.78. The van der Waals surface area contributed by atoms with Gasteiger partial charge in [0, 0.05) is 37.4 Å². The third-order valence-electron chi connectivity index (χ3n) is 5.51. The van der Waals surface area contributed by atoms with E-state index in [1.165, 1.54) is 11.6 Å². The molecule has 1 aliphatic rings. The largest absolute Gasteiger partial charge is 0.388 e. The number of nitrogens with one attached hydrogen (secondary N) is 1. The highest BCUT2D eigenvalue weighted by Crippen LogP contribution is 2.26. The molecule has 0 radical (unpaired) electrons. The zero-order chi connectivity index (χ0) is 19.5. The molecule has 4 heteroatoms. The van der Waals surface area contributed by atoms with E-state index in [0.29, 0.717) is 25.9 Å². The first kappa shape index (κ1) is 19.8. The van der Waals surface area contributed by atoms with Gasteiger partial charge >= 0.3 is 0 Å². The second kappa shape index (κ2) is 7.99. The molecule has 1 fully saturated rings. The number of rotatable bonds is 5. The van der Waals surface area contributed by atoms with Crippen molar-refractivity contribution in [2.75, 3.05) is 25.0 Å². The number of benzene rings is 2. The molecule has 1 heterocycles. The second-order valence-electron chi connectivity index (χ2n) is 8.77. The van der Waals surface area contributed by atoms with E-state index >= 15 is 0 Å². The van der Waals surface area contributed by atoms with Crippen molar-refractivity contribution in [2.24, 2.45) is 0 Å². The van der Waals surface area contributed by atoms with E-state index in [4.69, 9.17) is 0 Å². The number of hydrogen-bond acceptors (Lipinski definition) is 3. The summed E-state index contributed by atoms with van der Waals surface area (Å²) in [6, 6.07) is 15.4. The number of aliphatic hydroxyl groups is 1. The normalized spacial score (nSPS) is 17.7. The van der Waals surface area contributed by atoms with Crippen LogP contribution in [0.25, 0.3) is 0 Å². The van der Waals surface area contributed by atoms with Crippen molar-refractivity contribution in [1.29, 1.82) is 0 Å². The van der Waals surface area contributed by atoms with E-state index in [1.54, 1.807) is 6.07 Å². The molecule has 0 spiro atoms. The molecule has 0 atom stereocenters. The van der Waals surface area contributed by atoms with Crippen molar-refractivity contribution in [3.8, 4) is 0 Å². The molecule has 3 nitrogen and oxygen atoms in total. The fourth-order valence-electron chi connectivity index (χ4n) is 3.53. The Morgan fingerprint density at radius 3 is 2.26 bits per heavy atom. The molecule has 0 bridgehead atoms. The molecular weight excluding hydrogens is 339 g/mol. The van der Waals surface area contributed by atoms with Gasteiger partial charge in [-0.25, -0.2) is 4.39 Å². The van der Waals surface area contributed by atoms with Gasteiger partial charge in [-0.05, 0) is 42.0 Å². The van der Waals surface area contributed by atoms with E-state index in [9.17, 15) is 9.50 Å². The molecule has 0 unspecified atom stereocenters. The molecule has 3 rings (SSSR count). The molecule has 1 aliphatic heterocycles. The maximum absolute atomic E-state index is 13.8. The van der Waals surface area contributed by atoms with E-state index in [0.717, 1.165) is 24.3 Å². The molecule has 1 saturated heterocycles. The van der Waals surface area contributed by atoms with Crippen LogP contribution >= 0.6 is 0 Å². The van der Waals surface area contributed by atoms with Crippen molar-refractivity contribution >= 4 is 5.69 Å². The molecule has 0 saturated carbocycles. The summed E-state index contributed by atoms with van der Waals surface area (Å²) in [5, 5.41) is 14.3. The lowest BCUT2D eigenvalue weighted by atomic mass is 9.87. The SMILES string of the molecule is CC(C)(C)c1ccc(NCC2(O)CCN(Cc3ccccc3F)CC2)cc1. The molecule has 146 valence electrons. The topological polar surface area (TPSA) is 35.5 Å². The highest BCUT2D eigenvalue weighted by molar-refractivity contribution is 5.46. The quantitative estimate of drug-likeness (QED) is 0.810. The predicted molar refractivity (Wildman–Crippen MR) is 109 cm³/mol. The van der Waals surface area contributed by atoms with E-state index in [2.05, 4.69) is 55.3 Å². The smallest absolute Gasteiger partial charge is 0.127 e. The Kier molecular flexibility index (Phi) is 5.87. The lowest BCUT2D eigenvalue weighted by molar-refractivity contribution is -0.0122. The van der Waals surface area contributed by atoms with Crippen molar-refractivity contribution in [3.05, 3.63) is 65.5 Å². The zero-order valence-electron chi connectivity index (χ0n) is 16.6. The zero-order valence-corrected chi connectivity index (χ0v) is 16.6. The third-order valence-corrected chi connectivity index (χ3v) is 5.51. The number of likely N-dealkylation sites (tertiary alicyclic amines) is 1. The fourth-order valence-corrected chi connectivity index (χ4v) is 3.53. The standard InChI is InChI=1S/C23H31FN2O/c1-22(2,3)19-8-10-20(11-9-19)25-17-23(27)12-14-26(15-13-23)16-18-6-4-5-7-21(18)24/h4-11,25,27H,12-17H2,1-3H3. The lowest BCUT2D eigenvalue weighted by Crippen LogP contribution is -2.48. The van der Waals surface area contributed by atoms with Gasteiger partial charge in [0.1, 0.15) is 5.82 Å². The minimum atomic E-state index is -0.714. The molecular formula is C23H31FN2O. The summed E-state index contributed by atoms with van der Waals surface area (Å²) in [7, 11) is 0. The summed E-state index contributed by atoms with van der Waals surface area (Å²) < 4.78 is 13.8. The number of hydrogen-bond donors (Lipinski definition) is 2. The van der Waals surface area contributed by atoms with Gasteiger partial charge < -0.3 is 10.4 Å². The summed E-state index contributed by atoms with van der Waals surface area (Å²) in [5.41, 5.74) is 2.48. The Morgan fingerprint density at radius 1 is 1.04 bits per heavy atom. The average molecular weight is 371 g/mol. The number of halogens is 1. The van der Waals surface area contributed by atoms with Crippen molar-refractivity contribution in [2.45, 2.75) is 51.2 Å². The van der Waals surface area contributed by atoms with Gasteiger partial charge in [0.25, 0.3) is 0 Å². The van der Waals surface area contributed by atoms with Gasteiger partial charge in [0.15, 0.2) is 0 Å². The van der Waals surface area contributed by atoms with Crippen LogP contribution in [0.15, 0.2) is 48.5 Å². The van der Waals surface area contributed by atoms with E-state index in [-0.39, 0.29) is 11.2 Å². The van der Waals surface area contributed by atoms with Crippen LogP contribution in [0.2, 0.25) is 0 Å². The predicted octanol–water partition coefficient (Wildman–Crippen LogP) is 4.56. The average Bonchev–Trinajstić information content (AvgIpc) is 2.64. The van der Waals surface area contributed by atoms with Crippen molar-refractivity contribution in [1.82, 2.24) is 4.90 Å². The Bertz CT molecular complexity index is 744. The molecule has 0 aromatic heterocycles. The molecule has 2 N–H and O–H groups in total. The number of piperidine rings is 1. The Balaban J connectivity index is 1.50. The number of anilines is 1. The molecule has 2 aromatic carbocycles. The van der Waals surface area contributed by atoms with E-state index < -0.39 is 5.60 Å². The lowest BCUT2D eigenvalue weighted by Gasteiger charge is -2.38. The van der Waals surface area contributed by atoms with Crippen LogP contribution in [0.4, 0.5) is 10.1 Å². The Morgan fingerprint density at radius 2 is 1.67 bits per heavy atom. The van der Waals surface area contributed by atoms with Gasteiger partial charge in [-0.15, -0.1) is 0 Å². The molecule has 0 amide bonds. The Labute approximate surface area is 162 Å². The van der Waals surface area contributed by atoms with Crippen LogP contribution < -0.4 is 5.32 Å². The Hall–Kier alpha value is -1.91. The van der Waals surface area contributed by atoms with Crippen molar-refractivity contribution < 1.29 is 9.50 Å². The number of nitrogens with zero attached hydrogens (tertiary/aromatic N) is 1. The first-order chi connectivity index (χ1) is 12.8. The van der Waals surface area contributed by atoms with Gasteiger partial charge in [-0.1, -0.05) is 51.1 Å². The summed E-state index contributed by atoms with van der Waals surface area (Å²) in [5.74, 6) is -0.154. The molecule has 27 heavy (non-hydrogen) atoms. The highest BCUT2D eigenvalue weighted by Gasteiger charge is 2.32. The minimum Gasteiger partial charge on any atom is -0.388 e. The van der Waals surface area contributed by atoms with Gasteiger partial charge in [0.2, 0.25) is 0 Å². The summed E-state index contributed by atoms with van der Waals surface area (Å²) in [4.78, 5) is 2.21. The van der Waals surface area contributed by atoms with Crippen molar-refractivity contribution in [3.63, 3.8) is 0 Å². The summed E-state index contributed by atoms with van der Waals surface area (Å²) >= 11 is 0. The third kappa shape index (κ3) is 5.30. The van der Waals surface area contributed by atoms with Crippen LogP contribution in [0, 0.1) is 5.82 Å². The van der Waals surface area contributed by atoms with Gasteiger partial charge in [-0.3, -0.25) is 4.90 Å². The summed E-state index contributed by atoms with van der Waals surface area (Å²) in [6.45, 7) is 9.29. The van der Waals surface area contributed by atoms with Crippen LogP contribution in [0.5, 0.6) is 0 Å². The summed E-state index contributed by atoms with van der Waals surface area (Å²) in [6.07, 6.45) is 1.38.